The summed E-state index contributed by atoms with van der Waals surface area (Å²) in [4.78, 5) is 36.2. The van der Waals surface area contributed by atoms with Crippen molar-refractivity contribution in [2.24, 2.45) is 0 Å². The highest BCUT2D eigenvalue weighted by molar-refractivity contribution is 5.74. The number of H-pyrrole nitrogens is 1. The van der Waals surface area contributed by atoms with Crippen molar-refractivity contribution >= 4 is 17.0 Å². The second kappa shape index (κ2) is 10.2. The molecular formula is C29H29N7O2. The number of aromatic nitrogens is 6. The summed E-state index contributed by atoms with van der Waals surface area (Å²) in [7, 11) is 0. The van der Waals surface area contributed by atoms with Gasteiger partial charge < -0.3 is 14.6 Å². The molecule has 5 aromatic rings. The fourth-order valence-electron chi connectivity index (χ4n) is 4.86. The lowest BCUT2D eigenvalue weighted by atomic mass is 9.97. The minimum absolute atomic E-state index is 0.210. The number of anilines is 1. The predicted molar refractivity (Wildman–Crippen MR) is 147 cm³/mol. The molecule has 0 atom stereocenters. The highest BCUT2D eigenvalue weighted by atomic mass is 16.5. The van der Waals surface area contributed by atoms with Crippen LogP contribution in [0.4, 0.5) is 5.82 Å². The molecule has 0 radical (unpaired) electrons. The van der Waals surface area contributed by atoms with E-state index in [0.717, 1.165) is 41.3 Å². The largest absolute Gasteiger partial charge is 0.378 e. The number of aromatic amines is 1. The van der Waals surface area contributed by atoms with Crippen LogP contribution in [0.2, 0.25) is 0 Å². The fourth-order valence-corrected chi connectivity index (χ4v) is 4.86. The Bertz CT molecular complexity index is 1630. The zero-order chi connectivity index (χ0) is 26.1. The Labute approximate surface area is 220 Å². The molecule has 1 fully saturated rings. The van der Waals surface area contributed by atoms with Crippen LogP contribution in [0.25, 0.3) is 33.8 Å². The van der Waals surface area contributed by atoms with Gasteiger partial charge in [-0.05, 0) is 17.0 Å². The van der Waals surface area contributed by atoms with E-state index in [0.29, 0.717) is 42.7 Å². The average Bonchev–Trinajstić information content (AvgIpc) is 3.27. The molecule has 9 nitrogen and oxygen atoms in total. The third-order valence-electron chi connectivity index (χ3n) is 6.91. The molecule has 6 rings (SSSR count). The number of fused-ring (bicyclic) bond motifs is 1. The van der Waals surface area contributed by atoms with Gasteiger partial charge in [-0.15, -0.1) is 0 Å². The minimum Gasteiger partial charge on any atom is -0.378 e. The van der Waals surface area contributed by atoms with Crippen LogP contribution in [0, 0.1) is 0 Å². The molecule has 9 heteroatoms. The van der Waals surface area contributed by atoms with Gasteiger partial charge in [0.1, 0.15) is 17.7 Å². The van der Waals surface area contributed by atoms with E-state index in [4.69, 9.17) is 9.72 Å². The third-order valence-corrected chi connectivity index (χ3v) is 6.91. The number of nitrogens with zero attached hydrogens (tertiary/aromatic N) is 6. The monoisotopic (exact) mass is 507 g/mol. The molecule has 0 amide bonds. The second-order valence-electron chi connectivity index (χ2n) is 9.75. The Hall–Kier alpha value is -4.37. The van der Waals surface area contributed by atoms with Crippen LogP contribution in [0.5, 0.6) is 0 Å². The fraction of sp³-hybridized carbons (Fsp3) is 0.276. The van der Waals surface area contributed by atoms with E-state index in [1.165, 1.54) is 5.56 Å². The number of morpholine rings is 1. The normalized spacial score (nSPS) is 13.9. The van der Waals surface area contributed by atoms with Gasteiger partial charge >= 0.3 is 5.69 Å². The van der Waals surface area contributed by atoms with Gasteiger partial charge in [-0.25, -0.2) is 24.7 Å². The minimum atomic E-state index is -0.210. The van der Waals surface area contributed by atoms with Gasteiger partial charge in [0.15, 0.2) is 11.5 Å². The van der Waals surface area contributed by atoms with Crippen molar-refractivity contribution in [2.45, 2.75) is 26.3 Å². The van der Waals surface area contributed by atoms with Crippen LogP contribution in [0.3, 0.4) is 0 Å². The first-order valence-electron chi connectivity index (χ1n) is 12.9. The summed E-state index contributed by atoms with van der Waals surface area (Å²) >= 11 is 0. The van der Waals surface area contributed by atoms with Crippen molar-refractivity contribution in [3.8, 4) is 22.6 Å². The van der Waals surface area contributed by atoms with E-state index in [2.05, 4.69) is 44.7 Å². The Morgan fingerprint density at radius 1 is 1.00 bits per heavy atom. The van der Waals surface area contributed by atoms with E-state index in [1.807, 2.05) is 48.5 Å². The smallest absolute Gasteiger partial charge is 0.328 e. The first kappa shape index (κ1) is 24.0. The highest BCUT2D eigenvalue weighted by Gasteiger charge is 2.16. The van der Waals surface area contributed by atoms with Crippen LogP contribution in [0.1, 0.15) is 30.9 Å². The van der Waals surface area contributed by atoms with Gasteiger partial charge in [-0.1, -0.05) is 62.4 Å². The molecular weight excluding hydrogens is 478 g/mol. The standard InChI is InChI=1S/C29H29N7O2/c1-19(2)22-5-3-4-6-23(22)27-30-16-25-28(34-27)36(29(37)33-25)17-20-7-9-21(10-8-20)24-15-26(32-18-31-24)35-11-13-38-14-12-35/h3-10,15-16,18-19H,11-14,17H2,1-2H3,(H,33,37). The Morgan fingerprint density at radius 2 is 1.79 bits per heavy atom. The van der Waals surface area contributed by atoms with Crippen molar-refractivity contribution < 1.29 is 4.74 Å². The maximum Gasteiger partial charge on any atom is 0.328 e. The Morgan fingerprint density at radius 3 is 2.58 bits per heavy atom. The average molecular weight is 508 g/mol. The highest BCUT2D eigenvalue weighted by Crippen LogP contribution is 2.27. The van der Waals surface area contributed by atoms with E-state index in [9.17, 15) is 4.79 Å². The molecule has 1 saturated heterocycles. The molecule has 0 spiro atoms. The molecule has 0 bridgehead atoms. The quantitative estimate of drug-likeness (QED) is 0.367. The van der Waals surface area contributed by atoms with E-state index in [1.54, 1.807) is 17.1 Å². The lowest BCUT2D eigenvalue weighted by Crippen LogP contribution is -2.36. The predicted octanol–water partition coefficient (Wildman–Crippen LogP) is 4.25. The van der Waals surface area contributed by atoms with E-state index < -0.39 is 0 Å². The number of imidazole rings is 1. The molecule has 1 aliphatic heterocycles. The van der Waals surface area contributed by atoms with Crippen molar-refractivity contribution in [1.82, 2.24) is 29.5 Å². The first-order valence-corrected chi connectivity index (χ1v) is 12.9. The molecule has 0 aliphatic carbocycles. The lowest BCUT2D eigenvalue weighted by Gasteiger charge is -2.27. The molecule has 0 saturated carbocycles. The summed E-state index contributed by atoms with van der Waals surface area (Å²) in [5.41, 5.74) is 6.00. The van der Waals surface area contributed by atoms with Gasteiger partial charge in [-0.2, -0.15) is 0 Å². The zero-order valence-corrected chi connectivity index (χ0v) is 21.5. The van der Waals surface area contributed by atoms with E-state index in [-0.39, 0.29) is 5.69 Å². The lowest BCUT2D eigenvalue weighted by molar-refractivity contribution is 0.122. The van der Waals surface area contributed by atoms with Crippen LogP contribution in [-0.2, 0) is 11.3 Å². The Kier molecular flexibility index (Phi) is 6.43. The number of hydrogen-bond acceptors (Lipinski definition) is 7. The summed E-state index contributed by atoms with van der Waals surface area (Å²) in [6, 6.07) is 18.3. The molecule has 3 aromatic heterocycles. The van der Waals surface area contributed by atoms with E-state index >= 15 is 0 Å². The number of ether oxygens (including phenoxy) is 1. The van der Waals surface area contributed by atoms with Crippen molar-refractivity contribution in [3.63, 3.8) is 0 Å². The van der Waals surface area contributed by atoms with Gasteiger partial charge in [0.2, 0.25) is 0 Å². The molecule has 4 heterocycles. The van der Waals surface area contributed by atoms with Gasteiger partial charge in [-0.3, -0.25) is 4.57 Å². The van der Waals surface area contributed by atoms with Crippen molar-refractivity contribution in [3.05, 3.63) is 88.7 Å². The third kappa shape index (κ3) is 4.68. The molecule has 38 heavy (non-hydrogen) atoms. The number of rotatable bonds is 6. The summed E-state index contributed by atoms with van der Waals surface area (Å²) < 4.78 is 7.11. The maximum atomic E-state index is 12.9. The van der Waals surface area contributed by atoms with Gasteiger partial charge in [0.05, 0.1) is 31.6 Å². The van der Waals surface area contributed by atoms with Crippen LogP contribution in [0.15, 0.2) is 71.9 Å². The molecule has 1 N–H and O–H groups in total. The second-order valence-corrected chi connectivity index (χ2v) is 9.75. The first-order chi connectivity index (χ1) is 18.6. The molecule has 1 aliphatic rings. The molecule has 2 aromatic carbocycles. The Balaban J connectivity index is 1.28. The summed E-state index contributed by atoms with van der Waals surface area (Å²) in [6.45, 7) is 7.75. The van der Waals surface area contributed by atoms with Gasteiger partial charge in [0, 0.05) is 30.3 Å². The summed E-state index contributed by atoms with van der Waals surface area (Å²) in [5, 5.41) is 0. The molecule has 192 valence electrons. The maximum absolute atomic E-state index is 12.9. The number of hydrogen-bond donors (Lipinski definition) is 1. The summed E-state index contributed by atoms with van der Waals surface area (Å²) in [6.07, 6.45) is 3.30. The van der Waals surface area contributed by atoms with Crippen LogP contribution in [-0.4, -0.2) is 55.8 Å². The SMILES string of the molecule is CC(C)c1ccccc1-c1ncc2[nH]c(=O)n(Cc3ccc(-c4cc(N5CCOCC5)ncn4)cc3)c2n1. The van der Waals surface area contributed by atoms with Crippen molar-refractivity contribution in [2.75, 3.05) is 31.2 Å². The van der Waals surface area contributed by atoms with Gasteiger partial charge in [0.25, 0.3) is 0 Å². The number of benzene rings is 2. The van der Waals surface area contributed by atoms with Crippen molar-refractivity contribution in [1.29, 1.82) is 0 Å². The molecule has 0 unspecified atom stereocenters. The van der Waals surface area contributed by atoms with Crippen LogP contribution < -0.4 is 10.6 Å². The zero-order valence-electron chi connectivity index (χ0n) is 21.5. The summed E-state index contributed by atoms with van der Waals surface area (Å²) in [5.74, 6) is 1.85. The topological polar surface area (TPSA) is 102 Å². The number of nitrogens with one attached hydrogen (secondary N) is 1. The van der Waals surface area contributed by atoms with Crippen LogP contribution >= 0.6 is 0 Å².